The average molecular weight is 226 g/mol. The van der Waals surface area contributed by atoms with Crippen LogP contribution in [0.25, 0.3) is 0 Å². The van der Waals surface area contributed by atoms with Crippen LogP contribution < -0.4 is 4.84 Å². The standard InChI is InChI=1S/C6H2Cl3NO2/c7-3-1-5(9)6(12-10-11)2-4(3)8/h1-2H. The molecule has 0 aliphatic rings. The summed E-state index contributed by atoms with van der Waals surface area (Å²) in [6, 6.07) is 2.68. The molecule has 0 aromatic heterocycles. The molecule has 1 aromatic rings. The highest BCUT2D eigenvalue weighted by molar-refractivity contribution is 6.43. The lowest BCUT2D eigenvalue weighted by atomic mass is 10.3. The fourth-order valence-corrected chi connectivity index (χ4v) is 1.19. The minimum Gasteiger partial charge on any atom is -0.322 e. The largest absolute Gasteiger partial charge is 0.322 e. The Labute approximate surface area is 83.1 Å². The lowest BCUT2D eigenvalue weighted by molar-refractivity contribution is 0.335. The molecule has 0 fully saturated rings. The molecule has 1 rings (SSSR count). The summed E-state index contributed by atoms with van der Waals surface area (Å²) in [7, 11) is 0. The molecule has 0 aliphatic heterocycles. The second kappa shape index (κ2) is 3.94. The van der Waals surface area contributed by atoms with Crippen molar-refractivity contribution in [2.45, 2.75) is 0 Å². The van der Waals surface area contributed by atoms with Crippen molar-refractivity contribution in [1.82, 2.24) is 0 Å². The molecule has 6 heteroatoms. The molecular formula is C6H2Cl3NO2. The molecule has 0 saturated carbocycles. The zero-order valence-electron chi connectivity index (χ0n) is 5.55. The monoisotopic (exact) mass is 225 g/mol. The molecule has 12 heavy (non-hydrogen) atoms. The van der Waals surface area contributed by atoms with Gasteiger partial charge in [0.05, 0.1) is 15.1 Å². The number of hydrogen-bond donors (Lipinski definition) is 0. The van der Waals surface area contributed by atoms with Gasteiger partial charge in [-0.2, -0.15) is 0 Å². The van der Waals surface area contributed by atoms with E-state index in [0.717, 1.165) is 0 Å². The predicted octanol–water partition coefficient (Wildman–Crippen LogP) is 3.71. The molecule has 0 bridgehead atoms. The first-order valence-corrected chi connectivity index (χ1v) is 3.92. The molecule has 0 heterocycles. The van der Waals surface area contributed by atoms with Crippen molar-refractivity contribution >= 4 is 34.8 Å². The van der Waals surface area contributed by atoms with E-state index in [0.29, 0.717) is 5.02 Å². The molecule has 0 atom stereocenters. The molecule has 64 valence electrons. The van der Waals surface area contributed by atoms with E-state index < -0.39 is 0 Å². The molecule has 0 radical (unpaired) electrons. The minimum atomic E-state index is 0.0843. The second-order valence-electron chi connectivity index (χ2n) is 1.86. The maximum atomic E-state index is 9.72. The molecule has 0 unspecified atom stereocenters. The third-order valence-electron chi connectivity index (χ3n) is 1.11. The van der Waals surface area contributed by atoms with Crippen LogP contribution >= 0.6 is 34.8 Å². The number of nitrogens with zero attached hydrogens (tertiary/aromatic N) is 1. The normalized spacial score (nSPS) is 9.58. The van der Waals surface area contributed by atoms with Crippen molar-refractivity contribution in [3.05, 3.63) is 32.1 Å². The molecule has 1 aromatic carbocycles. The second-order valence-corrected chi connectivity index (χ2v) is 3.08. The summed E-state index contributed by atoms with van der Waals surface area (Å²) in [5, 5.41) is 2.93. The molecule has 3 nitrogen and oxygen atoms in total. The first-order valence-electron chi connectivity index (χ1n) is 2.79. The number of rotatable bonds is 2. The summed E-state index contributed by atoms with van der Waals surface area (Å²) in [4.78, 5) is 14.0. The Morgan fingerprint density at radius 1 is 1.08 bits per heavy atom. The van der Waals surface area contributed by atoms with Crippen LogP contribution in [0.15, 0.2) is 17.5 Å². The van der Waals surface area contributed by atoms with Crippen molar-refractivity contribution in [2.24, 2.45) is 5.34 Å². The van der Waals surface area contributed by atoms with Gasteiger partial charge in [0, 0.05) is 6.07 Å². The van der Waals surface area contributed by atoms with Gasteiger partial charge in [0.2, 0.25) is 0 Å². The summed E-state index contributed by atoms with van der Waals surface area (Å²) in [5.74, 6) is 0.0843. The van der Waals surface area contributed by atoms with Gasteiger partial charge in [0.1, 0.15) is 0 Å². The highest BCUT2D eigenvalue weighted by atomic mass is 35.5. The quantitative estimate of drug-likeness (QED) is 0.438. The first kappa shape index (κ1) is 9.58. The zero-order chi connectivity index (χ0) is 9.14. The van der Waals surface area contributed by atoms with E-state index in [1.54, 1.807) is 0 Å². The lowest BCUT2D eigenvalue weighted by Gasteiger charge is -2.00. The molecule has 0 saturated heterocycles. The van der Waals surface area contributed by atoms with Crippen LogP contribution in [0.3, 0.4) is 0 Å². The van der Waals surface area contributed by atoms with Crippen molar-refractivity contribution in [2.75, 3.05) is 0 Å². The number of hydrogen-bond acceptors (Lipinski definition) is 3. The Bertz CT molecular complexity index is 316. The number of benzene rings is 1. The number of halogens is 3. The summed E-state index contributed by atoms with van der Waals surface area (Å²) < 4.78 is 0. The van der Waals surface area contributed by atoms with E-state index in [-0.39, 0.29) is 15.8 Å². The van der Waals surface area contributed by atoms with Gasteiger partial charge in [-0.25, -0.2) is 0 Å². The summed E-state index contributed by atoms with van der Waals surface area (Å²) in [6.07, 6.45) is 0. The van der Waals surface area contributed by atoms with Gasteiger partial charge in [0.25, 0.3) is 0 Å². The van der Waals surface area contributed by atoms with Crippen molar-refractivity contribution in [3.8, 4) is 5.75 Å². The molecule has 0 spiro atoms. The van der Waals surface area contributed by atoms with Crippen LogP contribution in [0.1, 0.15) is 0 Å². The topological polar surface area (TPSA) is 38.7 Å². The molecule has 0 aliphatic carbocycles. The van der Waals surface area contributed by atoms with Gasteiger partial charge in [0.15, 0.2) is 11.1 Å². The van der Waals surface area contributed by atoms with E-state index in [1.807, 2.05) is 0 Å². The van der Waals surface area contributed by atoms with Crippen LogP contribution in [0, 0.1) is 4.91 Å². The smallest absolute Gasteiger partial charge is 0.181 e. The average Bonchev–Trinajstić information content (AvgIpc) is 2.01. The van der Waals surface area contributed by atoms with Gasteiger partial charge in [-0.1, -0.05) is 34.8 Å². The van der Waals surface area contributed by atoms with Gasteiger partial charge in [-0.3, -0.25) is 0 Å². The highest BCUT2D eigenvalue weighted by Crippen LogP contribution is 2.33. The Balaban J connectivity index is 3.13. The van der Waals surface area contributed by atoms with E-state index in [9.17, 15) is 4.91 Å². The van der Waals surface area contributed by atoms with Crippen LogP contribution in [-0.2, 0) is 0 Å². The summed E-state index contributed by atoms with van der Waals surface area (Å²) in [5.41, 5.74) is 0. The Morgan fingerprint density at radius 2 is 1.67 bits per heavy atom. The van der Waals surface area contributed by atoms with E-state index in [2.05, 4.69) is 10.2 Å². The SMILES string of the molecule is O=NOc1cc(Cl)c(Cl)cc1Cl. The highest BCUT2D eigenvalue weighted by Gasteiger charge is 2.07. The van der Waals surface area contributed by atoms with Crippen molar-refractivity contribution < 1.29 is 4.84 Å². The Morgan fingerprint density at radius 3 is 2.25 bits per heavy atom. The van der Waals surface area contributed by atoms with Gasteiger partial charge in [-0.05, 0) is 6.07 Å². The maximum Gasteiger partial charge on any atom is 0.181 e. The van der Waals surface area contributed by atoms with Gasteiger partial charge >= 0.3 is 0 Å². The van der Waals surface area contributed by atoms with Crippen molar-refractivity contribution in [3.63, 3.8) is 0 Å². The zero-order valence-corrected chi connectivity index (χ0v) is 7.82. The van der Waals surface area contributed by atoms with Crippen LogP contribution in [0.5, 0.6) is 5.75 Å². The van der Waals surface area contributed by atoms with Crippen LogP contribution in [0.4, 0.5) is 0 Å². The van der Waals surface area contributed by atoms with Crippen molar-refractivity contribution in [1.29, 1.82) is 0 Å². The fraction of sp³-hybridized carbons (Fsp3) is 0. The van der Waals surface area contributed by atoms with Gasteiger partial charge < -0.3 is 4.84 Å². The van der Waals surface area contributed by atoms with Crippen LogP contribution in [-0.4, -0.2) is 0 Å². The third kappa shape index (κ3) is 2.00. The van der Waals surface area contributed by atoms with E-state index in [4.69, 9.17) is 34.8 Å². The molecule has 0 amide bonds. The first-order chi connectivity index (χ1) is 5.65. The summed E-state index contributed by atoms with van der Waals surface area (Å²) >= 11 is 16.8. The maximum absolute atomic E-state index is 9.72. The fourth-order valence-electron chi connectivity index (χ4n) is 0.614. The Kier molecular flexibility index (Phi) is 3.14. The molecule has 0 N–H and O–H groups in total. The van der Waals surface area contributed by atoms with Gasteiger partial charge in [-0.15, -0.1) is 4.91 Å². The van der Waals surface area contributed by atoms with E-state index >= 15 is 0 Å². The third-order valence-corrected chi connectivity index (χ3v) is 2.13. The predicted molar refractivity (Wildman–Crippen MR) is 47.9 cm³/mol. The summed E-state index contributed by atoms with van der Waals surface area (Å²) in [6.45, 7) is 0. The minimum absolute atomic E-state index is 0.0843. The molecular weight excluding hydrogens is 224 g/mol. The van der Waals surface area contributed by atoms with Crippen LogP contribution in [0.2, 0.25) is 15.1 Å². The van der Waals surface area contributed by atoms with E-state index in [1.165, 1.54) is 12.1 Å². The lowest BCUT2D eigenvalue weighted by Crippen LogP contribution is -1.82. The Hall–Kier alpha value is -0.510.